The van der Waals surface area contributed by atoms with Crippen LogP contribution in [0.2, 0.25) is 0 Å². The molecule has 0 saturated carbocycles. The first-order valence-corrected chi connectivity index (χ1v) is 9.76. The summed E-state index contributed by atoms with van der Waals surface area (Å²) in [4.78, 5) is 12.1. The highest BCUT2D eigenvalue weighted by Gasteiger charge is 2.31. The maximum Gasteiger partial charge on any atom is 0.416 e. The Morgan fingerprint density at radius 1 is 1.00 bits per heavy atom. The number of esters is 1. The largest absolute Gasteiger partial charge is 0.459 e. The Hall–Kier alpha value is -1.52. The molecule has 0 saturated heterocycles. The topological polar surface area (TPSA) is 26.3 Å². The Labute approximate surface area is 155 Å². The summed E-state index contributed by atoms with van der Waals surface area (Å²) in [5.41, 5.74) is -0.878. The van der Waals surface area contributed by atoms with Gasteiger partial charge in [-0.05, 0) is 37.5 Å². The molecule has 0 aliphatic heterocycles. The van der Waals surface area contributed by atoms with Crippen LogP contribution in [-0.2, 0) is 10.9 Å². The van der Waals surface area contributed by atoms with Gasteiger partial charge in [0.15, 0.2) is 0 Å². The van der Waals surface area contributed by atoms with Gasteiger partial charge >= 0.3 is 12.1 Å². The number of halogens is 3. The molecule has 0 heterocycles. The molecule has 0 aliphatic rings. The van der Waals surface area contributed by atoms with Crippen molar-refractivity contribution in [3.05, 3.63) is 35.4 Å². The number of alkyl halides is 3. The normalized spacial score (nSPS) is 12.8. The Morgan fingerprint density at radius 3 is 2.19 bits per heavy atom. The molecule has 2 nitrogen and oxygen atoms in total. The van der Waals surface area contributed by atoms with E-state index in [9.17, 15) is 18.0 Å². The van der Waals surface area contributed by atoms with Crippen LogP contribution in [0.1, 0.15) is 94.0 Å². The lowest BCUT2D eigenvalue weighted by Gasteiger charge is -2.16. The fourth-order valence-electron chi connectivity index (χ4n) is 2.89. The summed E-state index contributed by atoms with van der Waals surface area (Å²) in [5, 5.41) is 0. The van der Waals surface area contributed by atoms with Gasteiger partial charge in [0.05, 0.1) is 11.1 Å². The molecule has 0 radical (unpaired) electrons. The van der Waals surface area contributed by atoms with Gasteiger partial charge < -0.3 is 4.74 Å². The van der Waals surface area contributed by atoms with Gasteiger partial charge in [-0.2, -0.15) is 13.2 Å². The van der Waals surface area contributed by atoms with Gasteiger partial charge in [-0.25, -0.2) is 4.79 Å². The molecule has 0 aliphatic carbocycles. The number of ether oxygens (including phenoxy) is 1. The lowest BCUT2D eigenvalue weighted by Crippen LogP contribution is -2.18. The van der Waals surface area contributed by atoms with Gasteiger partial charge in [0.25, 0.3) is 0 Å². The molecule has 1 aromatic carbocycles. The molecule has 0 aromatic heterocycles. The second-order valence-electron chi connectivity index (χ2n) is 6.78. The first kappa shape index (κ1) is 22.5. The number of unbranched alkanes of at least 4 members (excludes halogenated alkanes) is 7. The van der Waals surface area contributed by atoms with Gasteiger partial charge in [-0.3, -0.25) is 0 Å². The van der Waals surface area contributed by atoms with Crippen molar-refractivity contribution in [2.45, 2.75) is 90.3 Å². The molecule has 26 heavy (non-hydrogen) atoms. The highest BCUT2D eigenvalue weighted by Crippen LogP contribution is 2.29. The first-order valence-electron chi connectivity index (χ1n) is 9.76. The maximum absolute atomic E-state index is 12.7. The SMILES string of the molecule is CCCCCCCCCCC(CC)OC(=O)c1cccc(C(F)(F)F)c1. The van der Waals surface area contributed by atoms with E-state index in [1.54, 1.807) is 0 Å². The van der Waals surface area contributed by atoms with Gasteiger partial charge in [0.1, 0.15) is 6.10 Å². The zero-order chi connectivity index (χ0) is 19.4. The van der Waals surface area contributed by atoms with Gasteiger partial charge in [-0.15, -0.1) is 0 Å². The summed E-state index contributed by atoms with van der Waals surface area (Å²) >= 11 is 0. The van der Waals surface area contributed by atoms with Crippen molar-refractivity contribution >= 4 is 5.97 Å². The van der Waals surface area contributed by atoms with Crippen molar-refractivity contribution in [3.63, 3.8) is 0 Å². The summed E-state index contributed by atoms with van der Waals surface area (Å²) in [7, 11) is 0. The summed E-state index contributed by atoms with van der Waals surface area (Å²) < 4.78 is 43.6. The Balaban J connectivity index is 2.37. The highest BCUT2D eigenvalue weighted by atomic mass is 19.4. The van der Waals surface area contributed by atoms with Crippen LogP contribution in [0.4, 0.5) is 13.2 Å². The van der Waals surface area contributed by atoms with E-state index in [1.807, 2.05) is 6.92 Å². The summed E-state index contributed by atoms with van der Waals surface area (Å²) in [6.45, 7) is 4.13. The van der Waals surface area contributed by atoms with Crippen molar-refractivity contribution in [1.82, 2.24) is 0 Å². The lowest BCUT2D eigenvalue weighted by molar-refractivity contribution is -0.137. The third-order valence-corrected chi connectivity index (χ3v) is 4.53. The van der Waals surface area contributed by atoms with Crippen LogP contribution in [0.5, 0.6) is 0 Å². The molecule has 148 valence electrons. The third-order valence-electron chi connectivity index (χ3n) is 4.53. The van der Waals surface area contributed by atoms with Crippen LogP contribution >= 0.6 is 0 Å². The molecule has 0 spiro atoms. The lowest BCUT2D eigenvalue weighted by atomic mass is 10.0. The minimum atomic E-state index is -4.46. The average molecular weight is 372 g/mol. The van der Waals surface area contributed by atoms with Crippen molar-refractivity contribution < 1.29 is 22.7 Å². The van der Waals surface area contributed by atoms with E-state index in [-0.39, 0.29) is 11.7 Å². The number of carbonyl (C=O) groups is 1. The van der Waals surface area contributed by atoms with Crippen LogP contribution < -0.4 is 0 Å². The number of hydrogen-bond acceptors (Lipinski definition) is 2. The fraction of sp³-hybridized carbons (Fsp3) is 0.667. The molecule has 1 unspecified atom stereocenters. The summed E-state index contributed by atoms with van der Waals surface area (Å²) in [6.07, 6.45) is 6.33. The Kier molecular flexibility index (Phi) is 10.4. The van der Waals surface area contributed by atoms with Crippen LogP contribution in [0.3, 0.4) is 0 Å². The zero-order valence-corrected chi connectivity index (χ0v) is 15.9. The van der Waals surface area contributed by atoms with E-state index >= 15 is 0 Å². The van der Waals surface area contributed by atoms with Crippen molar-refractivity contribution in [2.24, 2.45) is 0 Å². The van der Waals surface area contributed by atoms with Gasteiger partial charge in [-0.1, -0.05) is 64.9 Å². The number of carbonyl (C=O) groups excluding carboxylic acids is 1. The molecule has 0 amide bonds. The van der Waals surface area contributed by atoms with Crippen molar-refractivity contribution in [1.29, 1.82) is 0 Å². The van der Waals surface area contributed by atoms with Gasteiger partial charge in [0, 0.05) is 0 Å². The van der Waals surface area contributed by atoms with E-state index in [0.29, 0.717) is 6.42 Å². The van der Waals surface area contributed by atoms with Gasteiger partial charge in [0.2, 0.25) is 0 Å². The number of benzene rings is 1. The van der Waals surface area contributed by atoms with Crippen LogP contribution in [0, 0.1) is 0 Å². The second kappa shape index (κ2) is 12.0. The zero-order valence-electron chi connectivity index (χ0n) is 15.9. The van der Waals surface area contributed by atoms with Crippen LogP contribution in [0.25, 0.3) is 0 Å². The van der Waals surface area contributed by atoms with Crippen molar-refractivity contribution in [2.75, 3.05) is 0 Å². The Morgan fingerprint density at radius 2 is 1.62 bits per heavy atom. The molecule has 1 atom stereocenters. The van der Waals surface area contributed by atoms with Crippen LogP contribution in [0.15, 0.2) is 24.3 Å². The van der Waals surface area contributed by atoms with E-state index in [4.69, 9.17) is 4.74 Å². The maximum atomic E-state index is 12.7. The smallest absolute Gasteiger partial charge is 0.416 e. The molecule has 1 rings (SSSR count). The van der Waals surface area contributed by atoms with E-state index in [1.165, 1.54) is 50.7 Å². The predicted molar refractivity (Wildman–Crippen MR) is 98.2 cm³/mol. The van der Waals surface area contributed by atoms with Crippen LogP contribution in [-0.4, -0.2) is 12.1 Å². The monoisotopic (exact) mass is 372 g/mol. The summed E-state index contributed by atoms with van der Waals surface area (Å²) in [5.74, 6) is -0.678. The molecule has 0 fully saturated rings. The predicted octanol–water partition coefficient (Wildman–Crippen LogP) is 7.17. The molecule has 1 aromatic rings. The standard InChI is InChI=1S/C21H31F3O2/c1-3-5-6-7-8-9-10-11-15-19(4-2)26-20(25)17-13-12-14-18(16-17)21(22,23)24/h12-14,16,19H,3-11,15H2,1-2H3. The minimum Gasteiger partial charge on any atom is -0.459 e. The van der Waals surface area contributed by atoms with E-state index < -0.39 is 17.7 Å². The average Bonchev–Trinajstić information content (AvgIpc) is 2.62. The van der Waals surface area contributed by atoms with E-state index in [2.05, 4.69) is 6.92 Å². The first-order chi connectivity index (χ1) is 12.4. The Bertz CT molecular complexity index is 526. The molecule has 5 heteroatoms. The molecule has 0 N–H and O–H groups in total. The van der Waals surface area contributed by atoms with E-state index in [0.717, 1.165) is 31.4 Å². The fourth-order valence-corrected chi connectivity index (χ4v) is 2.89. The quantitative estimate of drug-likeness (QED) is 0.287. The van der Waals surface area contributed by atoms with Crippen molar-refractivity contribution in [3.8, 4) is 0 Å². The molecule has 0 bridgehead atoms. The molecular formula is C21H31F3O2. The third kappa shape index (κ3) is 8.72. The number of hydrogen-bond donors (Lipinski definition) is 0. The second-order valence-corrected chi connectivity index (χ2v) is 6.78. The molecular weight excluding hydrogens is 341 g/mol. The number of rotatable bonds is 12. The summed E-state index contributed by atoms with van der Waals surface area (Å²) in [6, 6.07) is 4.40. The minimum absolute atomic E-state index is 0.0470. The highest BCUT2D eigenvalue weighted by molar-refractivity contribution is 5.89.